The molecule has 1 amide bonds. The number of hydrogen-bond acceptors (Lipinski definition) is 6. The van der Waals surface area contributed by atoms with Crippen molar-refractivity contribution in [3.05, 3.63) is 45.8 Å². The second-order valence-electron chi connectivity index (χ2n) is 3.71. The van der Waals surface area contributed by atoms with Gasteiger partial charge in [0.2, 0.25) is 0 Å². The lowest BCUT2D eigenvalue weighted by molar-refractivity contribution is -0.384. The summed E-state index contributed by atoms with van der Waals surface area (Å²) in [6, 6.07) is 5.09. The van der Waals surface area contributed by atoms with Crippen molar-refractivity contribution < 1.29 is 19.3 Å². The first kappa shape index (κ1) is 12.6. The summed E-state index contributed by atoms with van der Waals surface area (Å²) in [5.41, 5.74) is -0.721. The maximum atomic E-state index is 11.8. The minimum atomic E-state index is -0.707. The van der Waals surface area contributed by atoms with Crippen LogP contribution in [0.3, 0.4) is 0 Å². The van der Waals surface area contributed by atoms with Crippen molar-refractivity contribution in [3.8, 4) is 5.75 Å². The molecular weight excluding hydrogens is 254 g/mol. The summed E-state index contributed by atoms with van der Waals surface area (Å²) in [4.78, 5) is 21.9. The molecule has 0 unspecified atom stereocenters. The highest BCUT2D eigenvalue weighted by Gasteiger charge is 2.21. The van der Waals surface area contributed by atoms with Gasteiger partial charge in [0.1, 0.15) is 11.5 Å². The first-order valence-corrected chi connectivity index (χ1v) is 5.20. The summed E-state index contributed by atoms with van der Waals surface area (Å²) >= 11 is 0. The van der Waals surface area contributed by atoms with E-state index >= 15 is 0 Å². The predicted molar refractivity (Wildman–Crippen MR) is 64.0 cm³/mol. The molecule has 8 nitrogen and oxygen atoms in total. The van der Waals surface area contributed by atoms with Crippen LogP contribution in [0.1, 0.15) is 16.2 Å². The van der Waals surface area contributed by atoms with E-state index in [1.807, 2.05) is 0 Å². The van der Waals surface area contributed by atoms with Crippen LogP contribution in [-0.4, -0.2) is 21.1 Å². The van der Waals surface area contributed by atoms with Gasteiger partial charge >= 0.3 is 0 Å². The van der Waals surface area contributed by atoms with E-state index in [4.69, 9.17) is 4.52 Å². The summed E-state index contributed by atoms with van der Waals surface area (Å²) in [5.74, 6) is -0.679. The van der Waals surface area contributed by atoms with Crippen molar-refractivity contribution in [1.29, 1.82) is 0 Å². The number of hydrogen-bond donors (Lipinski definition) is 2. The van der Waals surface area contributed by atoms with Crippen LogP contribution in [0, 0.1) is 17.0 Å². The quantitative estimate of drug-likeness (QED) is 0.495. The second-order valence-corrected chi connectivity index (χ2v) is 3.71. The van der Waals surface area contributed by atoms with Gasteiger partial charge in [0.25, 0.3) is 11.6 Å². The van der Waals surface area contributed by atoms with Crippen LogP contribution in [0.25, 0.3) is 0 Å². The molecule has 98 valence electrons. The Morgan fingerprint density at radius 2 is 2.26 bits per heavy atom. The maximum absolute atomic E-state index is 11.8. The molecule has 0 atom stereocenters. The molecule has 2 N–H and O–H groups in total. The SMILES string of the molecule is Cc1cc(C(=O)Nc2c(O)cccc2[N+](=O)[O-])no1. The zero-order valence-electron chi connectivity index (χ0n) is 9.78. The van der Waals surface area contributed by atoms with E-state index in [0.717, 1.165) is 0 Å². The summed E-state index contributed by atoms with van der Waals surface area (Å²) in [7, 11) is 0. The van der Waals surface area contributed by atoms with Crippen LogP contribution in [0.4, 0.5) is 11.4 Å². The Hall–Kier alpha value is -2.90. The number of phenols is 1. The third-order valence-corrected chi connectivity index (χ3v) is 2.32. The average Bonchev–Trinajstić information content (AvgIpc) is 2.78. The number of anilines is 1. The predicted octanol–water partition coefficient (Wildman–Crippen LogP) is 1.85. The molecule has 0 bridgehead atoms. The highest BCUT2D eigenvalue weighted by molar-refractivity contribution is 6.05. The molecule has 0 spiro atoms. The highest BCUT2D eigenvalue weighted by atomic mass is 16.6. The molecule has 0 radical (unpaired) electrons. The van der Waals surface area contributed by atoms with Crippen LogP contribution >= 0.6 is 0 Å². The van der Waals surface area contributed by atoms with Crippen LogP contribution in [0.15, 0.2) is 28.8 Å². The fourth-order valence-electron chi connectivity index (χ4n) is 1.46. The Labute approximate surface area is 106 Å². The van der Waals surface area contributed by atoms with E-state index in [9.17, 15) is 20.0 Å². The van der Waals surface area contributed by atoms with Gasteiger partial charge in [0.05, 0.1) is 4.92 Å². The fraction of sp³-hybridized carbons (Fsp3) is 0.0909. The monoisotopic (exact) mass is 263 g/mol. The molecule has 2 rings (SSSR count). The zero-order chi connectivity index (χ0) is 14.0. The van der Waals surface area contributed by atoms with E-state index in [-0.39, 0.29) is 11.4 Å². The molecule has 1 heterocycles. The Kier molecular flexibility index (Phi) is 3.15. The molecule has 0 aliphatic rings. The summed E-state index contributed by atoms with van der Waals surface area (Å²) in [6.07, 6.45) is 0. The number of aromatic hydroxyl groups is 1. The minimum absolute atomic E-state index is 0.0324. The number of amides is 1. The number of aryl methyl sites for hydroxylation is 1. The first-order chi connectivity index (χ1) is 8.99. The summed E-state index contributed by atoms with van der Waals surface area (Å²) < 4.78 is 4.72. The molecule has 0 fully saturated rings. The van der Waals surface area contributed by atoms with Crippen LogP contribution in [-0.2, 0) is 0 Å². The number of nitro groups is 1. The van der Waals surface area contributed by atoms with E-state index in [0.29, 0.717) is 5.76 Å². The van der Waals surface area contributed by atoms with Crippen LogP contribution in [0.5, 0.6) is 5.75 Å². The van der Waals surface area contributed by atoms with Crippen molar-refractivity contribution in [2.45, 2.75) is 6.92 Å². The molecule has 0 aliphatic carbocycles. The third kappa shape index (κ3) is 2.51. The molecular formula is C11H9N3O5. The normalized spacial score (nSPS) is 10.2. The lowest BCUT2D eigenvalue weighted by atomic mass is 10.2. The van der Waals surface area contributed by atoms with E-state index in [2.05, 4.69) is 10.5 Å². The molecule has 1 aromatic heterocycles. The van der Waals surface area contributed by atoms with Gasteiger partial charge < -0.3 is 14.9 Å². The number of carbonyl (C=O) groups is 1. The van der Waals surface area contributed by atoms with Crippen molar-refractivity contribution in [1.82, 2.24) is 5.16 Å². The van der Waals surface area contributed by atoms with Gasteiger partial charge in [-0.05, 0) is 13.0 Å². The average molecular weight is 263 g/mol. The van der Waals surface area contributed by atoms with Gasteiger partial charge in [-0.25, -0.2) is 0 Å². The number of nitrogens with zero attached hydrogens (tertiary/aromatic N) is 2. The molecule has 19 heavy (non-hydrogen) atoms. The standard InChI is InChI=1S/C11H9N3O5/c1-6-5-7(13-19-6)11(16)12-10-8(14(17)18)3-2-4-9(10)15/h2-5,15H,1H3,(H,12,16). The number of benzene rings is 1. The lowest BCUT2D eigenvalue weighted by Crippen LogP contribution is -2.13. The van der Waals surface area contributed by atoms with Gasteiger partial charge in [0, 0.05) is 12.1 Å². The Morgan fingerprint density at radius 3 is 2.84 bits per heavy atom. The van der Waals surface area contributed by atoms with Crippen molar-refractivity contribution in [2.75, 3.05) is 5.32 Å². The number of nitrogens with one attached hydrogen (secondary N) is 1. The Morgan fingerprint density at radius 1 is 1.53 bits per heavy atom. The van der Waals surface area contributed by atoms with E-state index in [1.54, 1.807) is 6.92 Å². The molecule has 0 saturated heterocycles. The number of aromatic nitrogens is 1. The number of nitro benzene ring substituents is 1. The number of phenolic OH excluding ortho intramolecular Hbond substituents is 1. The molecule has 0 saturated carbocycles. The van der Waals surface area contributed by atoms with E-state index < -0.39 is 22.3 Å². The largest absolute Gasteiger partial charge is 0.505 e. The second kappa shape index (κ2) is 4.77. The molecule has 2 aromatic rings. The lowest BCUT2D eigenvalue weighted by Gasteiger charge is -2.05. The Balaban J connectivity index is 2.33. The third-order valence-electron chi connectivity index (χ3n) is 2.32. The zero-order valence-corrected chi connectivity index (χ0v) is 9.78. The Bertz CT molecular complexity index is 650. The van der Waals surface area contributed by atoms with Gasteiger partial charge in [-0.15, -0.1) is 0 Å². The molecule has 8 heteroatoms. The maximum Gasteiger partial charge on any atom is 0.296 e. The van der Waals surface area contributed by atoms with Gasteiger partial charge in [0.15, 0.2) is 11.4 Å². The molecule has 1 aromatic carbocycles. The van der Waals surface area contributed by atoms with Crippen molar-refractivity contribution in [3.63, 3.8) is 0 Å². The number of para-hydroxylation sites is 1. The van der Waals surface area contributed by atoms with Crippen LogP contribution in [0.2, 0.25) is 0 Å². The topological polar surface area (TPSA) is 118 Å². The highest BCUT2D eigenvalue weighted by Crippen LogP contribution is 2.33. The minimum Gasteiger partial charge on any atom is -0.505 e. The fourth-order valence-corrected chi connectivity index (χ4v) is 1.46. The van der Waals surface area contributed by atoms with Crippen molar-refractivity contribution >= 4 is 17.3 Å². The molecule has 0 aliphatic heterocycles. The summed E-state index contributed by atoms with van der Waals surface area (Å²) in [6.45, 7) is 1.60. The van der Waals surface area contributed by atoms with Gasteiger partial charge in [-0.3, -0.25) is 14.9 Å². The van der Waals surface area contributed by atoms with Gasteiger partial charge in [-0.2, -0.15) is 0 Å². The summed E-state index contributed by atoms with van der Waals surface area (Å²) in [5, 5.41) is 26.1. The van der Waals surface area contributed by atoms with Gasteiger partial charge in [-0.1, -0.05) is 11.2 Å². The van der Waals surface area contributed by atoms with Crippen molar-refractivity contribution in [2.24, 2.45) is 0 Å². The number of rotatable bonds is 3. The van der Waals surface area contributed by atoms with Crippen LogP contribution < -0.4 is 5.32 Å². The first-order valence-electron chi connectivity index (χ1n) is 5.20. The smallest absolute Gasteiger partial charge is 0.296 e. The van der Waals surface area contributed by atoms with E-state index in [1.165, 1.54) is 24.3 Å². The number of carbonyl (C=O) groups excluding carboxylic acids is 1.